The summed E-state index contributed by atoms with van der Waals surface area (Å²) >= 11 is 0. The first kappa shape index (κ1) is 12.2. The number of nitrogens with one attached hydrogen (secondary N) is 2. The number of H-pyrrole nitrogens is 1. The van der Waals surface area contributed by atoms with Crippen molar-refractivity contribution < 1.29 is 20.4 Å². The molecule has 0 unspecified atom stereocenters. The SMILES string of the molecule is OC[C@H]1N[C@@H](c2c[nH]c3c(O)nc(O)nc23)C[C@@H]1O. The van der Waals surface area contributed by atoms with Gasteiger partial charge in [0.1, 0.15) is 11.0 Å². The second-order valence-electron chi connectivity index (χ2n) is 4.63. The molecule has 0 aliphatic carbocycles. The number of nitrogens with zero attached hydrogens (tertiary/aromatic N) is 2. The summed E-state index contributed by atoms with van der Waals surface area (Å²) in [5.41, 5.74) is 1.43. The number of aromatic nitrogens is 3. The van der Waals surface area contributed by atoms with E-state index < -0.39 is 12.1 Å². The molecular weight excluding hydrogens is 252 g/mol. The third-order valence-corrected chi connectivity index (χ3v) is 3.45. The topological polar surface area (TPSA) is 135 Å². The van der Waals surface area contributed by atoms with Crippen molar-refractivity contribution in [2.75, 3.05) is 6.61 Å². The molecule has 1 aliphatic rings. The Labute approximate surface area is 107 Å². The number of aliphatic hydroxyl groups excluding tert-OH is 2. The van der Waals surface area contributed by atoms with E-state index in [2.05, 4.69) is 20.3 Å². The second kappa shape index (κ2) is 4.34. The van der Waals surface area contributed by atoms with Crippen LogP contribution in [0.3, 0.4) is 0 Å². The summed E-state index contributed by atoms with van der Waals surface area (Å²) < 4.78 is 0. The van der Waals surface area contributed by atoms with Crippen LogP contribution in [0.4, 0.5) is 0 Å². The highest BCUT2D eigenvalue weighted by Gasteiger charge is 2.34. The molecule has 3 atom stereocenters. The molecule has 0 amide bonds. The van der Waals surface area contributed by atoms with Crippen molar-refractivity contribution in [2.45, 2.75) is 24.6 Å². The van der Waals surface area contributed by atoms with Crippen LogP contribution in [-0.4, -0.2) is 54.1 Å². The number of aromatic hydroxyl groups is 2. The molecule has 2 aromatic rings. The zero-order chi connectivity index (χ0) is 13.6. The number of hydrogen-bond donors (Lipinski definition) is 6. The van der Waals surface area contributed by atoms with Gasteiger partial charge in [0, 0.05) is 17.8 Å². The van der Waals surface area contributed by atoms with Crippen LogP contribution in [0.2, 0.25) is 0 Å². The van der Waals surface area contributed by atoms with Gasteiger partial charge in [0.25, 0.3) is 0 Å². The van der Waals surface area contributed by atoms with Gasteiger partial charge >= 0.3 is 6.01 Å². The predicted molar refractivity (Wildman–Crippen MR) is 64.6 cm³/mol. The molecule has 1 saturated heterocycles. The Morgan fingerprint density at radius 3 is 2.79 bits per heavy atom. The van der Waals surface area contributed by atoms with Gasteiger partial charge in [-0.15, -0.1) is 0 Å². The molecule has 6 N–H and O–H groups in total. The number of hydrogen-bond acceptors (Lipinski definition) is 7. The van der Waals surface area contributed by atoms with E-state index in [0.29, 0.717) is 23.0 Å². The zero-order valence-electron chi connectivity index (χ0n) is 9.91. The van der Waals surface area contributed by atoms with Gasteiger partial charge in [-0.2, -0.15) is 9.97 Å². The van der Waals surface area contributed by atoms with Crippen molar-refractivity contribution in [1.29, 1.82) is 0 Å². The first-order valence-corrected chi connectivity index (χ1v) is 5.92. The van der Waals surface area contributed by atoms with Crippen LogP contribution in [0.5, 0.6) is 11.9 Å². The Morgan fingerprint density at radius 1 is 1.32 bits per heavy atom. The number of fused-ring (bicyclic) bond motifs is 1. The lowest BCUT2D eigenvalue weighted by Crippen LogP contribution is -2.34. The summed E-state index contributed by atoms with van der Waals surface area (Å²) in [4.78, 5) is 10.2. The average Bonchev–Trinajstić information content (AvgIpc) is 2.92. The maximum absolute atomic E-state index is 9.78. The van der Waals surface area contributed by atoms with Crippen molar-refractivity contribution in [1.82, 2.24) is 20.3 Å². The van der Waals surface area contributed by atoms with Crippen molar-refractivity contribution >= 4 is 11.0 Å². The monoisotopic (exact) mass is 266 g/mol. The Hall–Kier alpha value is -1.90. The molecule has 0 saturated carbocycles. The van der Waals surface area contributed by atoms with Gasteiger partial charge in [-0.05, 0) is 6.42 Å². The lowest BCUT2D eigenvalue weighted by molar-refractivity contribution is 0.121. The van der Waals surface area contributed by atoms with Crippen LogP contribution in [0.15, 0.2) is 6.20 Å². The lowest BCUT2D eigenvalue weighted by Gasteiger charge is -2.11. The van der Waals surface area contributed by atoms with Gasteiger partial charge in [0.15, 0.2) is 0 Å². The van der Waals surface area contributed by atoms with Crippen molar-refractivity contribution in [3.8, 4) is 11.9 Å². The largest absolute Gasteiger partial charge is 0.492 e. The molecule has 3 heterocycles. The van der Waals surface area contributed by atoms with Gasteiger partial charge < -0.3 is 30.7 Å². The summed E-state index contributed by atoms with van der Waals surface area (Å²) in [6.07, 6.45) is 1.41. The second-order valence-corrected chi connectivity index (χ2v) is 4.63. The van der Waals surface area contributed by atoms with E-state index in [9.17, 15) is 15.3 Å². The molecule has 8 nitrogen and oxygen atoms in total. The smallest absolute Gasteiger partial charge is 0.317 e. The molecule has 1 fully saturated rings. The highest BCUT2D eigenvalue weighted by atomic mass is 16.3. The molecule has 1 aliphatic heterocycles. The molecule has 19 heavy (non-hydrogen) atoms. The molecule has 0 radical (unpaired) electrons. The molecule has 0 aromatic carbocycles. The van der Waals surface area contributed by atoms with Crippen molar-refractivity contribution in [3.05, 3.63) is 11.8 Å². The maximum Gasteiger partial charge on any atom is 0.317 e. The number of aliphatic hydroxyl groups is 2. The quantitative estimate of drug-likeness (QED) is 0.416. The number of aromatic amines is 1. The highest BCUT2D eigenvalue weighted by Crippen LogP contribution is 2.33. The van der Waals surface area contributed by atoms with E-state index in [1.165, 1.54) is 0 Å². The van der Waals surface area contributed by atoms with Gasteiger partial charge in [0.05, 0.1) is 18.8 Å². The van der Waals surface area contributed by atoms with Crippen LogP contribution in [0, 0.1) is 0 Å². The third kappa shape index (κ3) is 1.89. The van der Waals surface area contributed by atoms with E-state index in [1.807, 2.05) is 0 Å². The molecule has 8 heteroatoms. The summed E-state index contributed by atoms with van der Waals surface area (Å²) in [6, 6.07) is -1.11. The molecule has 0 bridgehead atoms. The summed E-state index contributed by atoms with van der Waals surface area (Å²) in [7, 11) is 0. The van der Waals surface area contributed by atoms with Crippen LogP contribution < -0.4 is 5.32 Å². The fourth-order valence-corrected chi connectivity index (χ4v) is 2.50. The minimum Gasteiger partial charge on any atom is -0.492 e. The fraction of sp³-hybridized carbons (Fsp3) is 0.455. The van der Waals surface area contributed by atoms with E-state index >= 15 is 0 Å². The number of rotatable bonds is 2. The standard InChI is InChI=1S/C11H14N4O4/c16-3-6-7(17)1-5(13-6)4-2-12-9-8(4)14-11(19)15-10(9)18/h2,5-7,12-13,16-17H,1,3H2,(H2,14,15,18,19)/t5-,6-,7+/m1/s1. The first-order chi connectivity index (χ1) is 9.10. The summed E-state index contributed by atoms with van der Waals surface area (Å²) in [6.45, 7) is -0.161. The summed E-state index contributed by atoms with van der Waals surface area (Å²) in [5.74, 6) is -0.328. The van der Waals surface area contributed by atoms with Gasteiger partial charge in [-0.25, -0.2) is 0 Å². The Bertz CT molecular complexity index is 614. The first-order valence-electron chi connectivity index (χ1n) is 5.92. The van der Waals surface area contributed by atoms with Crippen LogP contribution in [0.1, 0.15) is 18.0 Å². The van der Waals surface area contributed by atoms with Gasteiger partial charge in [-0.3, -0.25) is 0 Å². The fourth-order valence-electron chi connectivity index (χ4n) is 2.50. The Morgan fingerprint density at radius 2 is 2.11 bits per heavy atom. The normalized spacial score (nSPS) is 27.2. The van der Waals surface area contributed by atoms with Crippen LogP contribution in [0.25, 0.3) is 11.0 Å². The minimum atomic E-state index is -0.649. The predicted octanol–water partition coefficient (Wildman–Crippen LogP) is -0.875. The minimum absolute atomic E-state index is 0.161. The zero-order valence-corrected chi connectivity index (χ0v) is 9.91. The van der Waals surface area contributed by atoms with Gasteiger partial charge in [-0.1, -0.05) is 0 Å². The Kier molecular flexibility index (Phi) is 2.77. The highest BCUT2D eigenvalue weighted by molar-refractivity contribution is 5.83. The van der Waals surface area contributed by atoms with E-state index in [-0.39, 0.29) is 24.6 Å². The van der Waals surface area contributed by atoms with Crippen molar-refractivity contribution in [3.63, 3.8) is 0 Å². The van der Waals surface area contributed by atoms with E-state index in [4.69, 9.17) is 5.11 Å². The summed E-state index contributed by atoms with van der Waals surface area (Å²) in [5, 5.41) is 40.9. The van der Waals surface area contributed by atoms with E-state index in [1.54, 1.807) is 6.20 Å². The molecule has 0 spiro atoms. The molecule has 3 rings (SSSR count). The van der Waals surface area contributed by atoms with Crippen molar-refractivity contribution in [2.24, 2.45) is 0 Å². The molecular formula is C11H14N4O4. The average molecular weight is 266 g/mol. The van der Waals surface area contributed by atoms with Crippen LogP contribution >= 0.6 is 0 Å². The Balaban J connectivity index is 2.02. The van der Waals surface area contributed by atoms with Gasteiger partial charge in [0.2, 0.25) is 5.88 Å². The lowest BCUT2D eigenvalue weighted by atomic mass is 10.1. The molecule has 2 aromatic heterocycles. The van der Waals surface area contributed by atoms with Crippen LogP contribution in [-0.2, 0) is 0 Å². The maximum atomic E-state index is 9.78. The van der Waals surface area contributed by atoms with E-state index in [0.717, 1.165) is 0 Å². The third-order valence-electron chi connectivity index (χ3n) is 3.45. The molecule has 102 valence electrons.